The molecule has 2 aliphatic carbocycles. The van der Waals surface area contributed by atoms with Crippen molar-refractivity contribution in [2.24, 2.45) is 11.8 Å². The molecule has 0 bridgehead atoms. The highest BCUT2D eigenvalue weighted by Gasteiger charge is 2.50. The number of Topliss-reactive ketones (excluding diaryl/α,β-unsaturated/α-hetero) is 1. The van der Waals surface area contributed by atoms with Gasteiger partial charge in [-0.15, -0.1) is 0 Å². The molecule has 0 aliphatic heterocycles. The molecule has 5 nitrogen and oxygen atoms in total. The second kappa shape index (κ2) is 9.24. The van der Waals surface area contributed by atoms with Gasteiger partial charge in [-0.3, -0.25) is 0 Å². The minimum absolute atomic E-state index is 0.00833. The standard InChI is InChI=1S/C33H29N3O2/c1-21-28-17-16-27-30(24-9-5-4-6-10-24)35-36(32(27)33(28,2)19-29(34-3)31(21)38)26-14-12-23(13-15-26)25-11-7-8-22(18-25)20-37/h4-15,18-19,21,28,37H,16-17,20H2,1-2H3/t21-,28-,33-/m1/s1. The van der Waals surface area contributed by atoms with Crippen LogP contribution in [0.4, 0.5) is 0 Å². The summed E-state index contributed by atoms with van der Waals surface area (Å²) in [5.74, 6) is -0.158. The minimum Gasteiger partial charge on any atom is -0.392 e. The number of fused-ring (bicyclic) bond motifs is 3. The smallest absolute Gasteiger partial charge is 0.226 e. The van der Waals surface area contributed by atoms with Gasteiger partial charge in [-0.1, -0.05) is 80.6 Å². The molecule has 1 aromatic heterocycles. The van der Waals surface area contributed by atoms with E-state index >= 15 is 0 Å². The van der Waals surface area contributed by atoms with E-state index in [0.29, 0.717) is 0 Å². The number of aromatic nitrogens is 2. The van der Waals surface area contributed by atoms with Crippen molar-refractivity contribution in [3.05, 3.63) is 119 Å². The molecule has 38 heavy (non-hydrogen) atoms. The summed E-state index contributed by atoms with van der Waals surface area (Å²) in [7, 11) is 0. The molecule has 0 radical (unpaired) electrons. The highest BCUT2D eigenvalue weighted by Crippen LogP contribution is 2.52. The Morgan fingerprint density at radius 3 is 2.47 bits per heavy atom. The highest BCUT2D eigenvalue weighted by atomic mass is 16.3. The summed E-state index contributed by atoms with van der Waals surface area (Å²) in [6.07, 6.45) is 3.63. The molecule has 1 heterocycles. The minimum atomic E-state index is -0.491. The third-order valence-corrected chi connectivity index (χ3v) is 8.40. The first-order valence-electron chi connectivity index (χ1n) is 13.1. The van der Waals surface area contributed by atoms with Crippen LogP contribution in [-0.2, 0) is 23.2 Å². The van der Waals surface area contributed by atoms with Gasteiger partial charge in [-0.05, 0) is 53.6 Å². The Labute approximate surface area is 222 Å². The van der Waals surface area contributed by atoms with Gasteiger partial charge in [0.25, 0.3) is 0 Å². The fourth-order valence-corrected chi connectivity index (χ4v) is 6.48. The fourth-order valence-electron chi connectivity index (χ4n) is 6.48. The molecule has 0 fully saturated rings. The molecule has 6 rings (SSSR count). The van der Waals surface area contributed by atoms with E-state index in [2.05, 4.69) is 48.2 Å². The van der Waals surface area contributed by atoms with Gasteiger partial charge >= 0.3 is 0 Å². The van der Waals surface area contributed by atoms with E-state index < -0.39 is 5.41 Å². The van der Waals surface area contributed by atoms with Crippen LogP contribution in [0.15, 0.2) is 90.6 Å². The van der Waals surface area contributed by atoms with Crippen LogP contribution in [0.2, 0.25) is 0 Å². The first kappa shape index (κ1) is 24.1. The van der Waals surface area contributed by atoms with Crippen LogP contribution >= 0.6 is 0 Å². The lowest BCUT2D eigenvalue weighted by Crippen LogP contribution is -2.46. The lowest BCUT2D eigenvalue weighted by atomic mass is 9.58. The van der Waals surface area contributed by atoms with Gasteiger partial charge in [0.05, 0.1) is 30.3 Å². The summed E-state index contributed by atoms with van der Waals surface area (Å²) >= 11 is 0. The quantitative estimate of drug-likeness (QED) is 0.324. The predicted molar refractivity (Wildman–Crippen MR) is 148 cm³/mol. The van der Waals surface area contributed by atoms with Crippen molar-refractivity contribution in [1.29, 1.82) is 0 Å². The fraction of sp³-hybridized carbons (Fsp3) is 0.242. The second-order valence-corrected chi connectivity index (χ2v) is 10.6. The molecule has 5 heteroatoms. The molecule has 0 saturated heterocycles. The lowest BCUT2D eigenvalue weighted by molar-refractivity contribution is -0.121. The average molecular weight is 500 g/mol. The van der Waals surface area contributed by atoms with E-state index in [1.165, 1.54) is 5.56 Å². The number of carbonyl (C=O) groups is 1. The van der Waals surface area contributed by atoms with E-state index in [1.54, 1.807) is 0 Å². The maximum Gasteiger partial charge on any atom is 0.226 e. The number of benzene rings is 3. The van der Waals surface area contributed by atoms with Gasteiger partial charge in [0.2, 0.25) is 5.70 Å². The molecule has 0 saturated carbocycles. The van der Waals surface area contributed by atoms with Crippen molar-refractivity contribution >= 4 is 5.78 Å². The number of nitrogens with zero attached hydrogens (tertiary/aromatic N) is 3. The zero-order chi connectivity index (χ0) is 26.4. The Morgan fingerprint density at radius 2 is 1.76 bits per heavy atom. The van der Waals surface area contributed by atoms with E-state index in [1.807, 2.05) is 60.1 Å². The topological polar surface area (TPSA) is 59.5 Å². The number of carbonyl (C=O) groups excluding carboxylic acids is 1. The number of aliphatic hydroxyl groups excluding tert-OH is 1. The van der Waals surface area contributed by atoms with Crippen molar-refractivity contribution in [3.8, 4) is 28.1 Å². The predicted octanol–water partition coefficient (Wildman–Crippen LogP) is 6.54. The second-order valence-electron chi connectivity index (χ2n) is 10.6. The normalized spacial score (nSPS) is 22.3. The molecule has 4 aromatic rings. The lowest BCUT2D eigenvalue weighted by Gasteiger charge is -2.45. The molecule has 3 aromatic carbocycles. The molecule has 2 aliphatic rings. The molecule has 0 spiro atoms. The van der Waals surface area contributed by atoms with Gasteiger partial charge in [-0.25, -0.2) is 9.53 Å². The molecule has 0 amide bonds. The van der Waals surface area contributed by atoms with Crippen LogP contribution in [0.1, 0.15) is 37.1 Å². The molecular weight excluding hydrogens is 470 g/mol. The SMILES string of the molecule is [C-]#[N+]C1=C[C@@]2(C)c3c(c(-c4ccccc4)nn3-c3ccc(-c4cccc(CO)c4)cc3)CC[C@@H]2[C@@H](C)C1=O. The maximum absolute atomic E-state index is 12.9. The monoisotopic (exact) mass is 499 g/mol. The number of allylic oxidation sites excluding steroid dienone is 2. The van der Waals surface area contributed by atoms with E-state index in [0.717, 1.165) is 52.2 Å². The average Bonchev–Trinajstić information content (AvgIpc) is 3.37. The number of hydrogen-bond donors (Lipinski definition) is 1. The van der Waals surface area contributed by atoms with Crippen molar-refractivity contribution in [2.75, 3.05) is 0 Å². The van der Waals surface area contributed by atoms with Gasteiger partial charge in [0.15, 0.2) is 5.78 Å². The Hall–Kier alpha value is -4.27. The summed E-state index contributed by atoms with van der Waals surface area (Å²) in [6, 6.07) is 26.5. The van der Waals surface area contributed by atoms with E-state index in [9.17, 15) is 9.90 Å². The third-order valence-electron chi connectivity index (χ3n) is 8.40. The number of aliphatic hydroxyl groups is 1. The molecular formula is C33H29N3O2. The molecule has 1 N–H and O–H groups in total. The van der Waals surface area contributed by atoms with Crippen LogP contribution in [-0.4, -0.2) is 20.7 Å². The zero-order valence-corrected chi connectivity index (χ0v) is 21.6. The van der Waals surface area contributed by atoms with Gasteiger partial charge in [0.1, 0.15) is 0 Å². The molecule has 3 atom stereocenters. The molecule has 188 valence electrons. The van der Waals surface area contributed by atoms with Gasteiger partial charge in [0, 0.05) is 22.5 Å². The number of ketones is 1. The zero-order valence-electron chi connectivity index (χ0n) is 21.6. The maximum atomic E-state index is 12.9. The Balaban J connectivity index is 1.54. The van der Waals surface area contributed by atoms with Gasteiger partial charge < -0.3 is 9.90 Å². The summed E-state index contributed by atoms with van der Waals surface area (Å²) in [5, 5.41) is 14.7. The van der Waals surface area contributed by atoms with Crippen LogP contribution < -0.4 is 0 Å². The number of rotatable bonds is 4. The van der Waals surface area contributed by atoms with Crippen molar-refractivity contribution in [3.63, 3.8) is 0 Å². The van der Waals surface area contributed by atoms with Crippen LogP contribution in [0.3, 0.4) is 0 Å². The Bertz CT molecular complexity index is 1610. The van der Waals surface area contributed by atoms with E-state index in [4.69, 9.17) is 11.7 Å². The van der Waals surface area contributed by atoms with Crippen LogP contribution in [0.5, 0.6) is 0 Å². The van der Waals surface area contributed by atoms with Crippen molar-refractivity contribution in [1.82, 2.24) is 9.78 Å². The number of hydrogen-bond acceptors (Lipinski definition) is 3. The Kier molecular flexibility index (Phi) is 5.86. The summed E-state index contributed by atoms with van der Waals surface area (Å²) < 4.78 is 2.04. The van der Waals surface area contributed by atoms with Crippen molar-refractivity contribution < 1.29 is 9.90 Å². The van der Waals surface area contributed by atoms with Gasteiger partial charge in [-0.2, -0.15) is 5.10 Å². The van der Waals surface area contributed by atoms with Crippen LogP contribution in [0.25, 0.3) is 32.9 Å². The summed E-state index contributed by atoms with van der Waals surface area (Å²) in [6.45, 7) is 11.8. The molecule has 0 unspecified atom stereocenters. The Morgan fingerprint density at radius 1 is 1.03 bits per heavy atom. The first-order valence-corrected chi connectivity index (χ1v) is 13.1. The van der Waals surface area contributed by atoms with Crippen molar-refractivity contribution in [2.45, 2.75) is 38.7 Å². The highest BCUT2D eigenvalue weighted by molar-refractivity contribution is 6.00. The van der Waals surface area contributed by atoms with E-state index in [-0.39, 0.29) is 29.9 Å². The third kappa shape index (κ3) is 3.72. The first-order chi connectivity index (χ1) is 18.4. The van der Waals surface area contributed by atoms with Crippen LogP contribution in [0, 0.1) is 18.4 Å². The largest absolute Gasteiger partial charge is 0.392 e. The summed E-state index contributed by atoms with van der Waals surface area (Å²) in [5.41, 5.74) is 7.96. The summed E-state index contributed by atoms with van der Waals surface area (Å²) in [4.78, 5) is 16.6.